The fourth-order valence-corrected chi connectivity index (χ4v) is 2.74. The van der Waals surface area contributed by atoms with Crippen molar-refractivity contribution in [3.05, 3.63) is 12.2 Å². The molecule has 1 saturated heterocycles. The van der Waals surface area contributed by atoms with Crippen LogP contribution < -0.4 is 4.74 Å². The molecule has 0 spiro atoms. The number of hydrogen-bond donors (Lipinski definition) is 0. The third-order valence-corrected chi connectivity index (χ3v) is 3.69. The highest BCUT2D eigenvalue weighted by atomic mass is 35.5. The summed E-state index contributed by atoms with van der Waals surface area (Å²) in [5.74, 6) is 1.92. The van der Waals surface area contributed by atoms with Gasteiger partial charge in [-0.2, -0.15) is 4.98 Å². The molecule has 0 aromatic carbocycles. The van der Waals surface area contributed by atoms with Crippen molar-refractivity contribution in [2.45, 2.75) is 31.9 Å². The van der Waals surface area contributed by atoms with E-state index in [9.17, 15) is 0 Å². The van der Waals surface area contributed by atoms with Gasteiger partial charge in [0.25, 0.3) is 0 Å². The van der Waals surface area contributed by atoms with Crippen LogP contribution in [0, 0.1) is 0 Å². The molecule has 3 rings (SSSR count). The number of hydrogen-bond acceptors (Lipinski definition) is 5. The molecule has 6 nitrogen and oxygen atoms in total. The van der Waals surface area contributed by atoms with Gasteiger partial charge in [0.05, 0.1) is 19.8 Å². The normalized spacial score (nSPS) is 18.8. The van der Waals surface area contributed by atoms with Crippen molar-refractivity contribution in [3.63, 3.8) is 0 Å². The van der Waals surface area contributed by atoms with Crippen LogP contribution in [0.15, 0.2) is 6.33 Å². The van der Waals surface area contributed by atoms with Gasteiger partial charge in [-0.25, -0.2) is 9.97 Å². The van der Waals surface area contributed by atoms with Crippen molar-refractivity contribution >= 4 is 22.8 Å². The molecule has 2 aromatic rings. The van der Waals surface area contributed by atoms with Gasteiger partial charge in [-0.05, 0) is 12.8 Å². The number of ether oxygens (including phenoxy) is 2. The minimum absolute atomic E-state index is 0.224. The third kappa shape index (κ3) is 2.45. The van der Waals surface area contributed by atoms with Crippen molar-refractivity contribution in [1.82, 2.24) is 19.5 Å². The molecular formula is C13H17ClN4O2. The van der Waals surface area contributed by atoms with E-state index in [1.165, 1.54) is 6.33 Å². The van der Waals surface area contributed by atoms with E-state index in [0.717, 1.165) is 37.5 Å². The number of nitrogens with zero attached hydrogens (tertiary/aromatic N) is 4. The lowest BCUT2D eigenvalue weighted by molar-refractivity contribution is 0.0971. The molecule has 0 bridgehead atoms. The van der Waals surface area contributed by atoms with E-state index in [1.54, 1.807) is 7.11 Å². The summed E-state index contributed by atoms with van der Waals surface area (Å²) in [4.78, 5) is 13.0. The molecule has 1 aliphatic rings. The monoisotopic (exact) mass is 296 g/mol. The molecule has 2 aromatic heterocycles. The van der Waals surface area contributed by atoms with Crippen molar-refractivity contribution in [1.29, 1.82) is 0 Å². The van der Waals surface area contributed by atoms with Crippen molar-refractivity contribution in [2.75, 3.05) is 19.6 Å². The molecule has 0 N–H and O–H groups in total. The van der Waals surface area contributed by atoms with Crippen molar-refractivity contribution in [3.8, 4) is 5.88 Å². The molecule has 3 heterocycles. The average Bonchev–Trinajstić information content (AvgIpc) is 3.08. The number of halogens is 1. The fourth-order valence-electron chi connectivity index (χ4n) is 2.57. The fraction of sp³-hybridized carbons (Fsp3) is 0.615. The third-order valence-electron chi connectivity index (χ3n) is 3.50. The zero-order chi connectivity index (χ0) is 13.9. The number of imidazole rings is 1. The second-order valence-corrected chi connectivity index (χ2v) is 5.15. The Balaban J connectivity index is 2.03. The first kappa shape index (κ1) is 13.6. The maximum absolute atomic E-state index is 5.87. The standard InChI is InChI=1S/C13H17ClN4O2/c1-19-13-11-12(15-8-16-13)18(10(17-11)4-5-14)7-9-3-2-6-20-9/h8-9H,2-7H2,1H3. The van der Waals surface area contributed by atoms with Crippen LogP contribution >= 0.6 is 11.6 Å². The Bertz CT molecular complexity index is 595. The second-order valence-electron chi connectivity index (χ2n) is 4.77. The molecule has 1 aliphatic heterocycles. The molecule has 20 heavy (non-hydrogen) atoms. The Morgan fingerprint density at radius 3 is 3.10 bits per heavy atom. The largest absolute Gasteiger partial charge is 0.479 e. The summed E-state index contributed by atoms with van der Waals surface area (Å²) in [5, 5.41) is 0. The van der Waals surface area contributed by atoms with Crippen LogP contribution in [0.1, 0.15) is 18.7 Å². The van der Waals surface area contributed by atoms with Gasteiger partial charge in [0, 0.05) is 18.9 Å². The molecule has 7 heteroatoms. The zero-order valence-electron chi connectivity index (χ0n) is 11.4. The maximum Gasteiger partial charge on any atom is 0.245 e. The summed E-state index contributed by atoms with van der Waals surface area (Å²) in [6.45, 7) is 1.59. The number of rotatable bonds is 5. The van der Waals surface area contributed by atoms with Crippen LogP contribution in [-0.2, 0) is 17.7 Å². The van der Waals surface area contributed by atoms with E-state index in [0.29, 0.717) is 23.7 Å². The van der Waals surface area contributed by atoms with Gasteiger partial charge in [-0.1, -0.05) is 0 Å². The average molecular weight is 297 g/mol. The predicted molar refractivity (Wildman–Crippen MR) is 75.3 cm³/mol. The smallest absolute Gasteiger partial charge is 0.245 e. The molecular weight excluding hydrogens is 280 g/mol. The number of alkyl halides is 1. The molecule has 108 valence electrons. The van der Waals surface area contributed by atoms with E-state index in [-0.39, 0.29) is 6.10 Å². The molecule has 0 amide bonds. The minimum Gasteiger partial charge on any atom is -0.479 e. The molecule has 1 unspecified atom stereocenters. The van der Waals surface area contributed by atoms with E-state index in [4.69, 9.17) is 21.1 Å². The number of aryl methyl sites for hydroxylation is 1. The summed E-state index contributed by atoms with van der Waals surface area (Å²) in [6, 6.07) is 0. The van der Waals surface area contributed by atoms with Gasteiger partial charge in [-0.15, -0.1) is 11.6 Å². The summed E-state index contributed by atoms with van der Waals surface area (Å²) in [5.41, 5.74) is 1.47. The number of methoxy groups -OCH3 is 1. The summed E-state index contributed by atoms with van der Waals surface area (Å²) >= 11 is 5.87. The summed E-state index contributed by atoms with van der Waals surface area (Å²) < 4.78 is 13.0. The van der Waals surface area contributed by atoms with E-state index >= 15 is 0 Å². The topological polar surface area (TPSA) is 62.1 Å². The van der Waals surface area contributed by atoms with Crippen LogP contribution in [0.2, 0.25) is 0 Å². The highest BCUT2D eigenvalue weighted by Gasteiger charge is 2.21. The Morgan fingerprint density at radius 1 is 1.50 bits per heavy atom. The quantitative estimate of drug-likeness (QED) is 0.787. The molecule has 1 fully saturated rings. The SMILES string of the molecule is COc1ncnc2c1nc(CCCl)n2CC1CCCO1. The lowest BCUT2D eigenvalue weighted by Gasteiger charge is -2.13. The Kier molecular flexibility index (Phi) is 4.03. The number of aromatic nitrogens is 4. The minimum atomic E-state index is 0.224. The molecule has 0 aliphatic carbocycles. The highest BCUT2D eigenvalue weighted by molar-refractivity contribution is 6.17. The van der Waals surface area contributed by atoms with Gasteiger partial charge >= 0.3 is 0 Å². The highest BCUT2D eigenvalue weighted by Crippen LogP contribution is 2.24. The Morgan fingerprint density at radius 2 is 2.40 bits per heavy atom. The summed E-state index contributed by atoms with van der Waals surface area (Å²) in [7, 11) is 1.59. The Labute approximate surface area is 122 Å². The van der Waals surface area contributed by atoms with Crippen molar-refractivity contribution in [2.24, 2.45) is 0 Å². The summed E-state index contributed by atoms with van der Waals surface area (Å²) in [6.07, 6.45) is 4.60. The van der Waals surface area contributed by atoms with Gasteiger partial charge < -0.3 is 14.0 Å². The van der Waals surface area contributed by atoms with Crippen LogP contribution in [0.5, 0.6) is 5.88 Å². The second kappa shape index (κ2) is 5.93. The van der Waals surface area contributed by atoms with Gasteiger partial charge in [0.1, 0.15) is 12.2 Å². The lowest BCUT2D eigenvalue weighted by Crippen LogP contribution is -2.17. The van der Waals surface area contributed by atoms with Crippen LogP contribution in [0.25, 0.3) is 11.2 Å². The van der Waals surface area contributed by atoms with Gasteiger partial charge in [0.15, 0.2) is 11.2 Å². The van der Waals surface area contributed by atoms with Crippen LogP contribution in [0.3, 0.4) is 0 Å². The zero-order valence-corrected chi connectivity index (χ0v) is 12.1. The van der Waals surface area contributed by atoms with Gasteiger partial charge in [0.2, 0.25) is 5.88 Å². The van der Waals surface area contributed by atoms with E-state index in [2.05, 4.69) is 19.5 Å². The molecule has 1 atom stereocenters. The lowest BCUT2D eigenvalue weighted by atomic mass is 10.2. The van der Waals surface area contributed by atoms with E-state index in [1.807, 2.05) is 0 Å². The molecule has 0 saturated carbocycles. The van der Waals surface area contributed by atoms with Gasteiger partial charge in [-0.3, -0.25) is 0 Å². The van der Waals surface area contributed by atoms with E-state index < -0.39 is 0 Å². The van der Waals surface area contributed by atoms with Crippen LogP contribution in [-0.4, -0.2) is 45.2 Å². The first-order valence-electron chi connectivity index (χ1n) is 6.75. The molecule has 0 radical (unpaired) electrons. The maximum atomic E-state index is 5.87. The van der Waals surface area contributed by atoms with Crippen LogP contribution in [0.4, 0.5) is 0 Å². The van der Waals surface area contributed by atoms with Crippen molar-refractivity contribution < 1.29 is 9.47 Å². The Hall–Kier alpha value is -1.40. The first-order chi connectivity index (χ1) is 9.83. The first-order valence-corrected chi connectivity index (χ1v) is 7.28. The predicted octanol–water partition coefficient (Wildman–Crippen LogP) is 1.80. The number of fused-ring (bicyclic) bond motifs is 1.